The zero-order valence-corrected chi connectivity index (χ0v) is 11.2. The predicted octanol–water partition coefficient (Wildman–Crippen LogP) is 0.272. The van der Waals surface area contributed by atoms with E-state index in [0.717, 1.165) is 5.69 Å². The van der Waals surface area contributed by atoms with Gasteiger partial charge in [0.15, 0.2) is 0 Å². The highest BCUT2D eigenvalue weighted by atomic mass is 16.5. The third-order valence-electron chi connectivity index (χ3n) is 2.57. The fourth-order valence-corrected chi connectivity index (χ4v) is 1.53. The number of rotatable bonds is 7. The SMILES string of the molecule is COC(=O)CN(CCc1ccccn1)CC(=O)OC. The molecule has 0 saturated carbocycles. The topological polar surface area (TPSA) is 68.7 Å². The number of methoxy groups -OCH3 is 2. The largest absolute Gasteiger partial charge is 0.468 e. The molecule has 0 aliphatic heterocycles. The molecule has 0 N–H and O–H groups in total. The third-order valence-corrected chi connectivity index (χ3v) is 2.57. The van der Waals surface area contributed by atoms with Gasteiger partial charge in [0.2, 0.25) is 0 Å². The standard InChI is InChI=1S/C13H18N2O4/c1-18-12(16)9-15(10-13(17)19-2)8-6-11-5-3-4-7-14-11/h3-5,7H,6,8-10H2,1-2H3. The van der Waals surface area contributed by atoms with Gasteiger partial charge in [-0.25, -0.2) is 0 Å². The van der Waals surface area contributed by atoms with E-state index in [0.29, 0.717) is 13.0 Å². The van der Waals surface area contributed by atoms with Crippen molar-refractivity contribution in [3.8, 4) is 0 Å². The summed E-state index contributed by atoms with van der Waals surface area (Å²) in [6, 6.07) is 5.63. The fraction of sp³-hybridized carbons (Fsp3) is 0.462. The molecule has 1 rings (SSSR count). The number of aromatic nitrogens is 1. The van der Waals surface area contributed by atoms with Gasteiger partial charge in [-0.15, -0.1) is 0 Å². The molecule has 0 radical (unpaired) electrons. The summed E-state index contributed by atoms with van der Waals surface area (Å²) in [6.45, 7) is 0.637. The average Bonchev–Trinajstić information content (AvgIpc) is 2.45. The molecule has 0 saturated heterocycles. The van der Waals surface area contributed by atoms with Crippen molar-refractivity contribution in [2.24, 2.45) is 0 Å². The van der Waals surface area contributed by atoms with Gasteiger partial charge in [0.05, 0.1) is 27.3 Å². The number of hydrogen-bond donors (Lipinski definition) is 0. The minimum absolute atomic E-state index is 0.0540. The molecule has 1 aromatic rings. The van der Waals surface area contributed by atoms with Crippen molar-refractivity contribution in [2.75, 3.05) is 33.9 Å². The van der Waals surface area contributed by atoms with Crippen molar-refractivity contribution < 1.29 is 19.1 Å². The molecule has 1 aromatic heterocycles. The lowest BCUT2D eigenvalue weighted by molar-refractivity contribution is -0.145. The van der Waals surface area contributed by atoms with Gasteiger partial charge in [0.25, 0.3) is 0 Å². The van der Waals surface area contributed by atoms with Crippen LogP contribution in [-0.2, 0) is 25.5 Å². The van der Waals surface area contributed by atoms with Crippen LogP contribution in [0.3, 0.4) is 0 Å². The molecular weight excluding hydrogens is 248 g/mol. The van der Waals surface area contributed by atoms with Crippen LogP contribution in [0.15, 0.2) is 24.4 Å². The average molecular weight is 266 g/mol. The highest BCUT2D eigenvalue weighted by Crippen LogP contribution is 1.99. The monoisotopic (exact) mass is 266 g/mol. The van der Waals surface area contributed by atoms with Crippen LogP contribution in [0.1, 0.15) is 5.69 Å². The Morgan fingerprint density at radius 2 is 1.79 bits per heavy atom. The first-order valence-electron chi connectivity index (χ1n) is 5.91. The summed E-state index contributed by atoms with van der Waals surface area (Å²) >= 11 is 0. The van der Waals surface area contributed by atoms with E-state index in [-0.39, 0.29) is 25.0 Å². The molecule has 104 valence electrons. The minimum Gasteiger partial charge on any atom is -0.468 e. The van der Waals surface area contributed by atoms with E-state index in [9.17, 15) is 9.59 Å². The zero-order chi connectivity index (χ0) is 14.1. The molecule has 0 amide bonds. The Bertz CT molecular complexity index is 390. The molecule has 0 unspecified atom stereocenters. The van der Waals surface area contributed by atoms with Crippen molar-refractivity contribution in [1.29, 1.82) is 0 Å². The van der Waals surface area contributed by atoms with E-state index in [1.54, 1.807) is 11.1 Å². The summed E-state index contributed by atoms with van der Waals surface area (Å²) in [5, 5.41) is 0. The second-order valence-electron chi connectivity index (χ2n) is 3.93. The van der Waals surface area contributed by atoms with Gasteiger partial charge in [-0.1, -0.05) is 6.07 Å². The Kier molecular flexibility index (Phi) is 6.52. The molecule has 6 nitrogen and oxygen atoms in total. The van der Waals surface area contributed by atoms with Crippen molar-refractivity contribution >= 4 is 11.9 Å². The van der Waals surface area contributed by atoms with Crippen molar-refractivity contribution in [3.63, 3.8) is 0 Å². The van der Waals surface area contributed by atoms with Crippen LogP contribution >= 0.6 is 0 Å². The highest BCUT2D eigenvalue weighted by Gasteiger charge is 2.15. The summed E-state index contributed by atoms with van der Waals surface area (Å²) in [7, 11) is 2.63. The van der Waals surface area contributed by atoms with E-state index >= 15 is 0 Å². The van der Waals surface area contributed by atoms with Gasteiger partial charge in [0, 0.05) is 24.9 Å². The summed E-state index contributed by atoms with van der Waals surface area (Å²) < 4.78 is 9.20. The van der Waals surface area contributed by atoms with Crippen molar-refractivity contribution in [2.45, 2.75) is 6.42 Å². The van der Waals surface area contributed by atoms with Gasteiger partial charge < -0.3 is 9.47 Å². The number of carbonyl (C=O) groups excluding carboxylic acids is 2. The molecule has 1 heterocycles. The predicted molar refractivity (Wildman–Crippen MR) is 68.4 cm³/mol. The second kappa shape index (κ2) is 8.20. The maximum Gasteiger partial charge on any atom is 0.319 e. The van der Waals surface area contributed by atoms with E-state index < -0.39 is 0 Å². The summed E-state index contributed by atoms with van der Waals surface area (Å²) in [6.07, 6.45) is 2.36. The summed E-state index contributed by atoms with van der Waals surface area (Å²) in [5.74, 6) is -0.769. The number of nitrogens with zero attached hydrogens (tertiary/aromatic N) is 2. The van der Waals surface area contributed by atoms with Crippen LogP contribution in [0.5, 0.6) is 0 Å². The molecular formula is C13H18N2O4. The zero-order valence-electron chi connectivity index (χ0n) is 11.2. The number of pyridine rings is 1. The Balaban J connectivity index is 2.53. The quantitative estimate of drug-likeness (QED) is 0.660. The first-order chi connectivity index (χ1) is 9.15. The minimum atomic E-state index is -0.384. The molecule has 0 atom stereocenters. The molecule has 6 heteroatoms. The smallest absolute Gasteiger partial charge is 0.319 e. The highest BCUT2D eigenvalue weighted by molar-refractivity contribution is 5.74. The molecule has 0 spiro atoms. The number of ether oxygens (including phenoxy) is 2. The first kappa shape index (κ1) is 15.1. The maximum atomic E-state index is 11.3. The molecule has 0 fully saturated rings. The maximum absolute atomic E-state index is 11.3. The molecule has 0 aromatic carbocycles. The normalized spacial score (nSPS) is 10.3. The Morgan fingerprint density at radius 1 is 1.16 bits per heavy atom. The number of hydrogen-bond acceptors (Lipinski definition) is 6. The van der Waals surface area contributed by atoms with Gasteiger partial charge >= 0.3 is 11.9 Å². The molecule has 0 aliphatic rings. The first-order valence-corrected chi connectivity index (χ1v) is 5.91. The Morgan fingerprint density at radius 3 is 2.26 bits per heavy atom. The molecule has 0 bridgehead atoms. The fourth-order valence-electron chi connectivity index (χ4n) is 1.53. The van der Waals surface area contributed by atoms with Crippen LogP contribution < -0.4 is 0 Å². The van der Waals surface area contributed by atoms with Crippen LogP contribution in [0.2, 0.25) is 0 Å². The molecule has 0 aliphatic carbocycles. The van der Waals surface area contributed by atoms with Gasteiger partial charge in [-0.05, 0) is 12.1 Å². The van der Waals surface area contributed by atoms with E-state index in [1.807, 2.05) is 18.2 Å². The van der Waals surface area contributed by atoms with Gasteiger partial charge in [0.1, 0.15) is 0 Å². The molecule has 19 heavy (non-hydrogen) atoms. The van der Waals surface area contributed by atoms with E-state index in [4.69, 9.17) is 0 Å². The third kappa shape index (κ3) is 5.96. The lowest BCUT2D eigenvalue weighted by Gasteiger charge is -2.19. The summed E-state index contributed by atoms with van der Waals surface area (Å²) in [4.78, 5) is 28.4. The Hall–Kier alpha value is -1.95. The van der Waals surface area contributed by atoms with Crippen molar-refractivity contribution in [1.82, 2.24) is 9.88 Å². The van der Waals surface area contributed by atoms with Gasteiger partial charge in [-0.3, -0.25) is 19.5 Å². The van der Waals surface area contributed by atoms with Gasteiger partial charge in [-0.2, -0.15) is 0 Å². The number of esters is 2. The lowest BCUT2D eigenvalue weighted by atomic mass is 10.2. The van der Waals surface area contributed by atoms with Crippen LogP contribution in [0.4, 0.5) is 0 Å². The van der Waals surface area contributed by atoms with E-state index in [1.165, 1.54) is 14.2 Å². The Labute approximate surface area is 112 Å². The van der Waals surface area contributed by atoms with Crippen LogP contribution in [0.25, 0.3) is 0 Å². The lowest BCUT2D eigenvalue weighted by Crippen LogP contribution is -2.37. The van der Waals surface area contributed by atoms with E-state index in [2.05, 4.69) is 14.5 Å². The second-order valence-corrected chi connectivity index (χ2v) is 3.93. The van der Waals surface area contributed by atoms with Crippen LogP contribution in [-0.4, -0.2) is 55.7 Å². The van der Waals surface area contributed by atoms with Crippen molar-refractivity contribution in [3.05, 3.63) is 30.1 Å². The van der Waals surface area contributed by atoms with Crippen LogP contribution in [0, 0.1) is 0 Å². The summed E-state index contributed by atoms with van der Waals surface area (Å²) in [5.41, 5.74) is 0.905. The number of carbonyl (C=O) groups is 2.